The summed E-state index contributed by atoms with van der Waals surface area (Å²) in [6.07, 6.45) is -0.221. The van der Waals surface area contributed by atoms with Crippen molar-refractivity contribution in [3.05, 3.63) is 40.8 Å². The molecule has 0 N–H and O–H groups in total. The quantitative estimate of drug-likeness (QED) is 0.667. The van der Waals surface area contributed by atoms with E-state index >= 15 is 0 Å². The average Bonchev–Trinajstić information content (AvgIpc) is 2.52. The van der Waals surface area contributed by atoms with E-state index in [0.717, 1.165) is 5.56 Å². The summed E-state index contributed by atoms with van der Waals surface area (Å²) < 4.78 is 5.03. The van der Waals surface area contributed by atoms with Gasteiger partial charge in [0, 0.05) is 11.3 Å². The molecule has 0 radical (unpaired) electrons. The third kappa shape index (κ3) is 1.64. The molecule has 0 spiro atoms. The van der Waals surface area contributed by atoms with E-state index in [1.165, 1.54) is 0 Å². The van der Waals surface area contributed by atoms with Crippen LogP contribution >= 0.6 is 0 Å². The van der Waals surface area contributed by atoms with Crippen molar-refractivity contribution in [2.24, 2.45) is 0 Å². The molecular weight excluding hydrogens is 182 g/mol. The molecule has 1 amide bonds. The predicted molar refractivity (Wildman–Crippen MR) is 48.9 cm³/mol. The molecule has 0 aromatic heterocycles. The molecule has 4 heteroatoms. The van der Waals surface area contributed by atoms with Gasteiger partial charge in [0.15, 0.2) is 6.61 Å². The molecule has 1 fully saturated rings. The minimum atomic E-state index is -0.772. The topological polar surface area (TPSA) is 46.4 Å². The van der Waals surface area contributed by atoms with Crippen molar-refractivity contribution in [2.75, 3.05) is 6.61 Å². The second-order valence-corrected chi connectivity index (χ2v) is 3.25. The fourth-order valence-electron chi connectivity index (χ4n) is 1.48. The maximum atomic E-state index is 11.2. The Kier molecular flexibility index (Phi) is 2.26. The van der Waals surface area contributed by atoms with Crippen molar-refractivity contribution in [1.29, 1.82) is 0 Å². The lowest BCUT2D eigenvalue weighted by molar-refractivity contribution is -0.475. The molecule has 0 unspecified atom stereocenters. The van der Waals surface area contributed by atoms with E-state index in [0.29, 0.717) is 11.2 Å². The fraction of sp³-hybridized carbons (Fsp3) is 0.300. The molecule has 4 nitrogen and oxygen atoms in total. The van der Waals surface area contributed by atoms with Crippen LogP contribution in [0.3, 0.4) is 0 Å². The molecule has 1 aliphatic rings. The van der Waals surface area contributed by atoms with Crippen LogP contribution in [0.5, 0.6) is 0 Å². The summed E-state index contributed by atoms with van der Waals surface area (Å²) in [5.74, 6) is 0. The number of hydrogen-bond acceptors (Lipinski definition) is 3. The number of amides is 1. The number of hydrogen-bond donors (Lipinski definition) is 0. The van der Waals surface area contributed by atoms with Gasteiger partial charge in [-0.3, -0.25) is 0 Å². The number of nitroso groups, excluding NO2 is 1. The zero-order valence-electron chi connectivity index (χ0n) is 7.55. The van der Waals surface area contributed by atoms with Crippen LogP contribution in [0.4, 0.5) is 4.79 Å². The van der Waals surface area contributed by atoms with Crippen LogP contribution in [0.1, 0.15) is 5.56 Å². The molecule has 1 aromatic rings. The number of benzene rings is 1. The van der Waals surface area contributed by atoms with Gasteiger partial charge >= 0.3 is 6.09 Å². The van der Waals surface area contributed by atoms with E-state index < -0.39 is 6.09 Å². The highest BCUT2D eigenvalue weighted by molar-refractivity contribution is 5.59. The SMILES string of the molecule is O=C1OC[C@H](Cc2ccccc2)[N+]1=O. The zero-order valence-corrected chi connectivity index (χ0v) is 7.55. The van der Waals surface area contributed by atoms with Crippen LogP contribution < -0.4 is 0 Å². The van der Waals surface area contributed by atoms with Gasteiger partial charge in [-0.1, -0.05) is 30.3 Å². The van der Waals surface area contributed by atoms with Gasteiger partial charge in [-0.2, -0.15) is 4.79 Å². The number of carbonyl (C=O) groups is 1. The summed E-state index contributed by atoms with van der Waals surface area (Å²) >= 11 is 0. The largest absolute Gasteiger partial charge is 0.645 e. The molecule has 0 aliphatic carbocycles. The van der Waals surface area contributed by atoms with E-state index in [9.17, 15) is 9.70 Å². The number of carbonyl (C=O) groups excluding carboxylic acids is 1. The number of nitrogens with zero attached hydrogens (tertiary/aromatic N) is 1. The Morgan fingerprint density at radius 2 is 2.07 bits per heavy atom. The minimum Gasteiger partial charge on any atom is -0.401 e. The highest BCUT2D eigenvalue weighted by Gasteiger charge is 2.43. The second-order valence-electron chi connectivity index (χ2n) is 3.25. The minimum absolute atomic E-state index is 0.192. The maximum absolute atomic E-state index is 11.2. The van der Waals surface area contributed by atoms with Crippen LogP contribution in [-0.4, -0.2) is 23.5 Å². The lowest BCUT2D eigenvalue weighted by atomic mass is 10.1. The van der Waals surface area contributed by atoms with Crippen LogP contribution in [-0.2, 0) is 11.2 Å². The molecular formula is C10H10NO3+. The van der Waals surface area contributed by atoms with Crippen molar-refractivity contribution >= 4 is 6.09 Å². The van der Waals surface area contributed by atoms with Gasteiger partial charge in [0.1, 0.15) is 4.76 Å². The normalized spacial score (nSPS) is 21.0. The van der Waals surface area contributed by atoms with E-state index in [4.69, 9.17) is 0 Å². The summed E-state index contributed by atoms with van der Waals surface area (Å²) in [5.41, 5.74) is 1.04. The maximum Gasteiger partial charge on any atom is 0.645 e. The van der Waals surface area contributed by atoms with Gasteiger partial charge in [-0.05, 0) is 5.56 Å². The van der Waals surface area contributed by atoms with Crippen molar-refractivity contribution in [3.63, 3.8) is 0 Å². The number of rotatable bonds is 2. The van der Waals surface area contributed by atoms with Gasteiger partial charge in [0.25, 0.3) is 6.04 Å². The Balaban J connectivity index is 2.06. The van der Waals surface area contributed by atoms with Crippen LogP contribution in [0.15, 0.2) is 30.3 Å². The van der Waals surface area contributed by atoms with Crippen molar-refractivity contribution < 1.29 is 14.3 Å². The molecule has 14 heavy (non-hydrogen) atoms. The highest BCUT2D eigenvalue weighted by Crippen LogP contribution is 2.11. The number of cyclic esters (lactones) is 1. The molecule has 1 atom stereocenters. The van der Waals surface area contributed by atoms with E-state index in [-0.39, 0.29) is 12.6 Å². The van der Waals surface area contributed by atoms with Gasteiger partial charge < -0.3 is 4.74 Å². The highest BCUT2D eigenvalue weighted by atomic mass is 16.6. The van der Waals surface area contributed by atoms with Gasteiger partial charge in [-0.25, -0.2) is 0 Å². The summed E-state index contributed by atoms with van der Waals surface area (Å²) in [4.78, 5) is 21.9. The van der Waals surface area contributed by atoms with Crippen LogP contribution in [0.2, 0.25) is 0 Å². The standard InChI is InChI=1S/C10H10NO3/c12-10-11(13)9(7-14-10)6-8-4-2-1-3-5-8/h1-5,9H,6-7H2/q+1/t9-/m0/s1. The molecule has 1 saturated heterocycles. The first-order valence-electron chi connectivity index (χ1n) is 4.44. The Morgan fingerprint density at radius 1 is 1.36 bits per heavy atom. The third-order valence-corrected chi connectivity index (χ3v) is 2.22. The Labute approximate surface area is 81.1 Å². The van der Waals surface area contributed by atoms with E-state index in [2.05, 4.69) is 4.74 Å². The molecule has 0 bridgehead atoms. The van der Waals surface area contributed by atoms with Gasteiger partial charge in [-0.15, -0.1) is 0 Å². The first-order valence-corrected chi connectivity index (χ1v) is 4.44. The summed E-state index contributed by atoms with van der Waals surface area (Å²) in [6.45, 7) is 0.192. The lowest BCUT2D eigenvalue weighted by Gasteiger charge is -1.98. The molecule has 1 heterocycles. The first kappa shape index (κ1) is 8.87. The fourth-order valence-corrected chi connectivity index (χ4v) is 1.48. The van der Waals surface area contributed by atoms with Crippen molar-refractivity contribution in [1.82, 2.24) is 0 Å². The molecule has 72 valence electrons. The zero-order chi connectivity index (χ0) is 9.97. The first-order chi connectivity index (χ1) is 6.77. The van der Waals surface area contributed by atoms with Gasteiger partial charge in [0.2, 0.25) is 0 Å². The van der Waals surface area contributed by atoms with Crippen molar-refractivity contribution in [3.8, 4) is 0 Å². The Hall–Kier alpha value is -1.71. The number of ether oxygens (including phenoxy) is 1. The lowest BCUT2D eigenvalue weighted by Crippen LogP contribution is -2.23. The van der Waals surface area contributed by atoms with Crippen LogP contribution in [0.25, 0.3) is 0 Å². The molecule has 1 aromatic carbocycles. The summed E-state index contributed by atoms with van der Waals surface area (Å²) in [5, 5.41) is 0. The molecule has 0 saturated carbocycles. The third-order valence-electron chi connectivity index (χ3n) is 2.22. The predicted octanol–water partition coefficient (Wildman–Crippen LogP) is 1.53. The van der Waals surface area contributed by atoms with Crippen LogP contribution in [0, 0.1) is 4.91 Å². The second kappa shape index (κ2) is 3.57. The monoisotopic (exact) mass is 192 g/mol. The molecule has 1 aliphatic heterocycles. The summed E-state index contributed by atoms with van der Waals surface area (Å²) in [6, 6.07) is 9.21. The Bertz CT molecular complexity index is 361. The smallest absolute Gasteiger partial charge is 0.401 e. The Morgan fingerprint density at radius 3 is 2.64 bits per heavy atom. The van der Waals surface area contributed by atoms with E-state index in [1.54, 1.807) is 0 Å². The average molecular weight is 192 g/mol. The summed E-state index contributed by atoms with van der Waals surface area (Å²) in [7, 11) is 0. The van der Waals surface area contributed by atoms with Gasteiger partial charge in [0.05, 0.1) is 0 Å². The van der Waals surface area contributed by atoms with E-state index in [1.807, 2.05) is 30.3 Å². The molecule has 2 rings (SSSR count). The van der Waals surface area contributed by atoms with Crippen molar-refractivity contribution in [2.45, 2.75) is 12.5 Å².